The molecule has 0 aliphatic rings. The van der Waals surface area contributed by atoms with Crippen LogP contribution in [0.4, 0.5) is 4.39 Å². The van der Waals surface area contributed by atoms with E-state index in [1.807, 2.05) is 6.07 Å². The molecule has 1 amide bonds. The molecule has 110 valence electrons. The predicted molar refractivity (Wildman–Crippen MR) is 82.4 cm³/mol. The number of phenolic OH excluding ortho intramolecular Hbond substituents is 1. The molecule has 5 heteroatoms. The smallest absolute Gasteiger partial charge is 0.220 e. The lowest BCUT2D eigenvalue weighted by Gasteiger charge is -2.08. The highest BCUT2D eigenvalue weighted by Crippen LogP contribution is 2.17. The Balaban J connectivity index is 1.85. The van der Waals surface area contributed by atoms with Crippen LogP contribution in [0.1, 0.15) is 17.5 Å². The number of aryl methyl sites for hydroxylation is 1. The minimum absolute atomic E-state index is 0.144. The summed E-state index contributed by atoms with van der Waals surface area (Å²) < 4.78 is 14.3. The monoisotopic (exact) mass is 351 g/mol. The molecule has 0 aliphatic carbocycles. The molecule has 0 radical (unpaired) electrons. The van der Waals surface area contributed by atoms with Gasteiger partial charge in [0, 0.05) is 23.0 Å². The number of hydrogen-bond donors (Lipinski definition) is 2. The molecule has 0 spiro atoms. The van der Waals surface area contributed by atoms with Gasteiger partial charge in [-0.05, 0) is 36.2 Å². The molecule has 0 aliphatic heterocycles. The van der Waals surface area contributed by atoms with E-state index in [9.17, 15) is 14.3 Å². The van der Waals surface area contributed by atoms with Gasteiger partial charge in [-0.15, -0.1) is 0 Å². The lowest BCUT2D eigenvalue weighted by atomic mass is 10.1. The third-order valence-electron chi connectivity index (χ3n) is 3.10. The molecular weight excluding hydrogens is 337 g/mol. The number of nitrogens with one attached hydrogen (secondary N) is 1. The van der Waals surface area contributed by atoms with Crippen molar-refractivity contribution in [3.8, 4) is 5.75 Å². The summed E-state index contributed by atoms with van der Waals surface area (Å²) in [5.74, 6) is -0.347. The molecule has 0 fully saturated rings. The zero-order chi connectivity index (χ0) is 15.2. The Hall–Kier alpha value is -1.88. The first-order valence-corrected chi connectivity index (χ1v) is 7.33. The van der Waals surface area contributed by atoms with Crippen molar-refractivity contribution < 1.29 is 14.3 Å². The van der Waals surface area contributed by atoms with Crippen molar-refractivity contribution in [3.63, 3.8) is 0 Å². The third-order valence-corrected chi connectivity index (χ3v) is 3.59. The van der Waals surface area contributed by atoms with E-state index in [4.69, 9.17) is 0 Å². The fourth-order valence-electron chi connectivity index (χ4n) is 1.93. The molecule has 0 heterocycles. The normalized spacial score (nSPS) is 10.4. The number of para-hydroxylation sites is 1. The summed E-state index contributed by atoms with van der Waals surface area (Å²) in [6, 6.07) is 11.5. The molecule has 3 nitrogen and oxygen atoms in total. The predicted octanol–water partition coefficient (Wildman–Crippen LogP) is 3.54. The van der Waals surface area contributed by atoms with Crippen LogP contribution in [0.5, 0.6) is 5.75 Å². The largest absolute Gasteiger partial charge is 0.508 e. The van der Waals surface area contributed by atoms with Crippen molar-refractivity contribution in [2.45, 2.75) is 19.4 Å². The van der Waals surface area contributed by atoms with Gasteiger partial charge in [-0.2, -0.15) is 0 Å². The molecule has 0 atom stereocenters. The minimum atomic E-state index is -0.348. The summed E-state index contributed by atoms with van der Waals surface area (Å²) in [5, 5.41) is 12.3. The molecule has 2 aromatic rings. The van der Waals surface area contributed by atoms with Gasteiger partial charge >= 0.3 is 0 Å². The van der Waals surface area contributed by atoms with Crippen molar-refractivity contribution in [1.29, 1.82) is 0 Å². The molecule has 2 rings (SSSR count). The second-order valence-electron chi connectivity index (χ2n) is 4.64. The maximum atomic E-state index is 13.5. The van der Waals surface area contributed by atoms with E-state index in [1.165, 1.54) is 6.07 Å². The van der Waals surface area contributed by atoms with E-state index >= 15 is 0 Å². The fourth-order valence-corrected chi connectivity index (χ4v) is 2.34. The van der Waals surface area contributed by atoms with Crippen LogP contribution in [0.25, 0.3) is 0 Å². The molecule has 0 aromatic heterocycles. The summed E-state index contributed by atoms with van der Waals surface area (Å²) >= 11 is 3.27. The van der Waals surface area contributed by atoms with Crippen molar-refractivity contribution in [2.24, 2.45) is 0 Å². The summed E-state index contributed by atoms with van der Waals surface area (Å²) in [6.07, 6.45) is 0.687. The van der Waals surface area contributed by atoms with Gasteiger partial charge in [0.25, 0.3) is 0 Å². The van der Waals surface area contributed by atoms with E-state index < -0.39 is 0 Å². The van der Waals surface area contributed by atoms with Crippen LogP contribution in [0, 0.1) is 5.82 Å². The number of carbonyl (C=O) groups is 1. The van der Waals surface area contributed by atoms with E-state index in [-0.39, 0.29) is 30.4 Å². The van der Waals surface area contributed by atoms with E-state index in [0.717, 1.165) is 10.0 Å². The van der Waals surface area contributed by atoms with Gasteiger partial charge < -0.3 is 10.4 Å². The maximum absolute atomic E-state index is 13.5. The zero-order valence-electron chi connectivity index (χ0n) is 11.3. The molecule has 0 saturated heterocycles. The Kier molecular flexibility index (Phi) is 5.33. The maximum Gasteiger partial charge on any atom is 0.220 e. The number of amides is 1. The van der Waals surface area contributed by atoms with Crippen LogP contribution in [-0.2, 0) is 17.8 Å². The summed E-state index contributed by atoms with van der Waals surface area (Å²) in [6.45, 7) is 0.144. The molecule has 21 heavy (non-hydrogen) atoms. The second kappa shape index (κ2) is 7.22. The Labute approximate surface area is 130 Å². The Morgan fingerprint density at radius 1 is 1.19 bits per heavy atom. The number of carbonyl (C=O) groups excluding carboxylic acids is 1. The number of phenols is 1. The first kappa shape index (κ1) is 15.5. The van der Waals surface area contributed by atoms with Crippen LogP contribution in [0.2, 0.25) is 0 Å². The second-order valence-corrected chi connectivity index (χ2v) is 5.56. The topological polar surface area (TPSA) is 49.3 Å². The number of halogens is 2. The highest BCUT2D eigenvalue weighted by Gasteiger charge is 2.07. The fraction of sp³-hybridized carbons (Fsp3) is 0.188. The van der Waals surface area contributed by atoms with Gasteiger partial charge in [0.1, 0.15) is 11.6 Å². The lowest BCUT2D eigenvalue weighted by Crippen LogP contribution is -2.23. The highest BCUT2D eigenvalue weighted by molar-refractivity contribution is 9.10. The van der Waals surface area contributed by atoms with Crippen LogP contribution in [0.3, 0.4) is 0 Å². The average molecular weight is 352 g/mol. The van der Waals surface area contributed by atoms with Gasteiger partial charge in [-0.3, -0.25) is 4.79 Å². The standard InChI is InChI=1S/C16H15BrFNO2/c17-13-6-7-14(18)12(9-13)10-19-16(21)8-5-11-3-1-2-4-15(11)20/h1-4,6-7,9,20H,5,8,10H2,(H,19,21). The SMILES string of the molecule is O=C(CCc1ccccc1O)NCc1cc(Br)ccc1F. The van der Waals surface area contributed by atoms with Gasteiger partial charge in [0.15, 0.2) is 0 Å². The molecular formula is C16H15BrFNO2. The van der Waals surface area contributed by atoms with Crippen molar-refractivity contribution >= 4 is 21.8 Å². The molecule has 2 N–H and O–H groups in total. The number of rotatable bonds is 5. The van der Waals surface area contributed by atoms with Crippen molar-refractivity contribution in [1.82, 2.24) is 5.32 Å². The summed E-state index contributed by atoms with van der Waals surface area (Å²) in [4.78, 5) is 11.8. The molecule has 0 unspecified atom stereocenters. The quantitative estimate of drug-likeness (QED) is 0.865. The Morgan fingerprint density at radius 2 is 1.95 bits per heavy atom. The van der Waals surface area contributed by atoms with Crippen molar-refractivity contribution in [2.75, 3.05) is 0 Å². The first-order valence-electron chi connectivity index (χ1n) is 6.54. The van der Waals surface area contributed by atoms with Gasteiger partial charge in [0.2, 0.25) is 5.91 Å². The minimum Gasteiger partial charge on any atom is -0.508 e. The van der Waals surface area contributed by atoms with Crippen molar-refractivity contribution in [3.05, 3.63) is 63.9 Å². The molecule has 0 saturated carbocycles. The number of benzene rings is 2. The first-order chi connectivity index (χ1) is 10.1. The van der Waals surface area contributed by atoms with Gasteiger partial charge in [-0.25, -0.2) is 4.39 Å². The van der Waals surface area contributed by atoms with Crippen LogP contribution >= 0.6 is 15.9 Å². The van der Waals surface area contributed by atoms with E-state index in [1.54, 1.807) is 30.3 Å². The van der Waals surface area contributed by atoms with Crippen LogP contribution < -0.4 is 5.32 Å². The summed E-state index contributed by atoms with van der Waals surface area (Å²) in [7, 11) is 0. The van der Waals surface area contributed by atoms with E-state index in [2.05, 4.69) is 21.2 Å². The Bertz CT molecular complexity index is 646. The number of aromatic hydroxyl groups is 1. The molecule has 2 aromatic carbocycles. The summed E-state index contributed by atoms with van der Waals surface area (Å²) in [5.41, 5.74) is 1.15. The number of hydrogen-bond acceptors (Lipinski definition) is 2. The van der Waals surface area contributed by atoms with Crippen LogP contribution in [-0.4, -0.2) is 11.0 Å². The van der Waals surface area contributed by atoms with Gasteiger partial charge in [0.05, 0.1) is 0 Å². The Morgan fingerprint density at radius 3 is 2.71 bits per heavy atom. The highest BCUT2D eigenvalue weighted by atomic mass is 79.9. The van der Waals surface area contributed by atoms with Crippen LogP contribution in [0.15, 0.2) is 46.9 Å². The van der Waals surface area contributed by atoms with Gasteiger partial charge in [-0.1, -0.05) is 34.1 Å². The molecule has 0 bridgehead atoms. The average Bonchev–Trinajstić information content (AvgIpc) is 2.47. The van der Waals surface area contributed by atoms with E-state index in [0.29, 0.717) is 12.0 Å². The zero-order valence-corrected chi connectivity index (χ0v) is 12.9. The lowest BCUT2D eigenvalue weighted by molar-refractivity contribution is -0.121. The third kappa shape index (κ3) is 4.56.